The molecule has 0 bridgehead atoms. The Labute approximate surface area is 112 Å². The van der Waals surface area contributed by atoms with Gasteiger partial charge in [-0.3, -0.25) is 4.79 Å². The molecule has 2 fully saturated rings. The van der Waals surface area contributed by atoms with Crippen LogP contribution in [-0.4, -0.2) is 39.1 Å². The van der Waals surface area contributed by atoms with Gasteiger partial charge in [0.2, 0.25) is 5.91 Å². The highest BCUT2D eigenvalue weighted by molar-refractivity contribution is 8.00. The van der Waals surface area contributed by atoms with Crippen LogP contribution in [-0.2, 0) is 9.59 Å². The van der Waals surface area contributed by atoms with E-state index in [0.717, 1.165) is 38.5 Å². The van der Waals surface area contributed by atoms with Gasteiger partial charge in [0.1, 0.15) is 6.04 Å². The van der Waals surface area contributed by atoms with Gasteiger partial charge in [-0.15, -0.1) is 11.8 Å². The van der Waals surface area contributed by atoms with Crippen molar-refractivity contribution in [3.8, 4) is 0 Å². The predicted molar refractivity (Wildman–Crippen MR) is 71.4 cm³/mol. The van der Waals surface area contributed by atoms with E-state index in [2.05, 4.69) is 6.92 Å². The number of carboxylic acids is 1. The first kappa shape index (κ1) is 13.7. The number of carbonyl (C=O) groups is 2. The molecule has 0 aromatic carbocycles. The third-order valence-corrected chi connectivity index (χ3v) is 5.23. The lowest BCUT2D eigenvalue weighted by Crippen LogP contribution is -2.47. The highest BCUT2D eigenvalue weighted by atomic mass is 32.2. The Hall–Kier alpha value is -0.710. The summed E-state index contributed by atoms with van der Waals surface area (Å²) in [6, 6.07) is -0.611. The Bertz CT molecular complexity index is 328. The van der Waals surface area contributed by atoms with E-state index in [9.17, 15) is 14.7 Å². The van der Waals surface area contributed by atoms with E-state index in [1.54, 1.807) is 16.7 Å². The summed E-state index contributed by atoms with van der Waals surface area (Å²) in [5.74, 6) is -0.154. The zero-order valence-corrected chi connectivity index (χ0v) is 11.6. The molecular weight excluding hydrogens is 250 g/mol. The molecule has 1 amide bonds. The zero-order chi connectivity index (χ0) is 13.1. The number of thioether (sulfide) groups is 1. The van der Waals surface area contributed by atoms with Gasteiger partial charge in [0.15, 0.2) is 0 Å². The topological polar surface area (TPSA) is 57.6 Å². The monoisotopic (exact) mass is 271 g/mol. The number of hydrogen-bond donors (Lipinski definition) is 1. The van der Waals surface area contributed by atoms with E-state index in [4.69, 9.17) is 0 Å². The molecule has 0 aromatic rings. The first-order valence-corrected chi connectivity index (χ1v) is 7.86. The van der Waals surface area contributed by atoms with Crippen molar-refractivity contribution in [3.05, 3.63) is 0 Å². The van der Waals surface area contributed by atoms with Crippen molar-refractivity contribution in [2.45, 2.75) is 56.9 Å². The molecular formula is C13H21NO3S. The van der Waals surface area contributed by atoms with Gasteiger partial charge in [0.25, 0.3) is 0 Å². The maximum Gasteiger partial charge on any atom is 0.327 e. The molecule has 2 unspecified atom stereocenters. The van der Waals surface area contributed by atoms with Gasteiger partial charge in [-0.05, 0) is 19.3 Å². The molecule has 5 heteroatoms. The Morgan fingerprint density at radius 3 is 2.56 bits per heavy atom. The number of amides is 1. The van der Waals surface area contributed by atoms with Crippen molar-refractivity contribution in [1.29, 1.82) is 0 Å². The maximum absolute atomic E-state index is 12.5. The SMILES string of the molecule is CCCC1SCC(C(=O)O)N1C(=O)C1CCCC1. The molecule has 1 heterocycles. The van der Waals surface area contributed by atoms with Crippen LogP contribution in [0.1, 0.15) is 45.4 Å². The summed E-state index contributed by atoms with van der Waals surface area (Å²) in [7, 11) is 0. The Morgan fingerprint density at radius 2 is 2.00 bits per heavy atom. The molecule has 1 aliphatic heterocycles. The van der Waals surface area contributed by atoms with Crippen LogP contribution in [0.5, 0.6) is 0 Å². The lowest BCUT2D eigenvalue weighted by atomic mass is 10.0. The van der Waals surface area contributed by atoms with Crippen LogP contribution in [0, 0.1) is 5.92 Å². The fourth-order valence-electron chi connectivity index (χ4n) is 2.90. The second kappa shape index (κ2) is 5.95. The number of nitrogens with zero attached hydrogens (tertiary/aromatic N) is 1. The minimum absolute atomic E-state index is 0.0733. The third kappa shape index (κ3) is 2.66. The first-order valence-electron chi connectivity index (χ1n) is 6.81. The maximum atomic E-state index is 12.5. The minimum atomic E-state index is -0.854. The number of rotatable bonds is 4. The summed E-state index contributed by atoms with van der Waals surface area (Å²) in [6.07, 6.45) is 5.96. The van der Waals surface area contributed by atoms with E-state index in [1.807, 2.05) is 0 Å². The Kier molecular flexibility index (Phi) is 4.54. The highest BCUT2D eigenvalue weighted by Crippen LogP contribution is 2.36. The van der Waals surface area contributed by atoms with Gasteiger partial charge in [-0.2, -0.15) is 0 Å². The van der Waals surface area contributed by atoms with E-state index >= 15 is 0 Å². The fraction of sp³-hybridized carbons (Fsp3) is 0.846. The number of hydrogen-bond acceptors (Lipinski definition) is 3. The molecule has 2 atom stereocenters. The largest absolute Gasteiger partial charge is 0.480 e. The number of carboxylic acid groups (broad SMARTS) is 1. The lowest BCUT2D eigenvalue weighted by Gasteiger charge is -2.29. The zero-order valence-electron chi connectivity index (χ0n) is 10.8. The van der Waals surface area contributed by atoms with Gasteiger partial charge >= 0.3 is 5.97 Å². The van der Waals surface area contributed by atoms with Gasteiger partial charge in [0, 0.05) is 11.7 Å². The molecule has 0 radical (unpaired) electrons. The lowest BCUT2D eigenvalue weighted by molar-refractivity contribution is -0.151. The molecule has 2 aliphatic rings. The summed E-state index contributed by atoms with van der Waals surface area (Å²) in [6.45, 7) is 2.08. The first-order chi connectivity index (χ1) is 8.65. The van der Waals surface area contributed by atoms with Crippen LogP contribution >= 0.6 is 11.8 Å². The second-order valence-corrected chi connectivity index (χ2v) is 6.37. The summed E-state index contributed by atoms with van der Waals surface area (Å²) in [5, 5.41) is 9.33. The molecule has 1 N–H and O–H groups in total. The van der Waals surface area contributed by atoms with E-state index in [-0.39, 0.29) is 17.2 Å². The van der Waals surface area contributed by atoms with Gasteiger partial charge in [-0.1, -0.05) is 26.2 Å². The minimum Gasteiger partial charge on any atom is -0.480 e. The van der Waals surface area contributed by atoms with Gasteiger partial charge < -0.3 is 10.0 Å². The van der Waals surface area contributed by atoms with Crippen molar-refractivity contribution in [3.63, 3.8) is 0 Å². The van der Waals surface area contributed by atoms with Crippen LogP contribution in [0.15, 0.2) is 0 Å². The molecule has 1 aliphatic carbocycles. The molecule has 0 aromatic heterocycles. The molecule has 18 heavy (non-hydrogen) atoms. The van der Waals surface area contributed by atoms with Crippen molar-refractivity contribution < 1.29 is 14.7 Å². The average molecular weight is 271 g/mol. The normalized spacial score (nSPS) is 28.8. The standard InChI is InChI=1S/C13H21NO3S/c1-2-5-11-14(10(8-18-11)13(16)17)12(15)9-6-3-4-7-9/h9-11H,2-8H2,1H3,(H,16,17). The van der Waals surface area contributed by atoms with E-state index in [0.29, 0.717) is 5.75 Å². The molecule has 1 saturated heterocycles. The van der Waals surface area contributed by atoms with Crippen molar-refractivity contribution in [2.24, 2.45) is 5.92 Å². The molecule has 1 saturated carbocycles. The molecule has 4 nitrogen and oxygen atoms in total. The van der Waals surface area contributed by atoms with Crippen LogP contribution in [0.4, 0.5) is 0 Å². The average Bonchev–Trinajstić information content (AvgIpc) is 2.97. The van der Waals surface area contributed by atoms with E-state index in [1.165, 1.54) is 0 Å². The fourth-order valence-corrected chi connectivity index (χ4v) is 4.42. The third-order valence-electron chi connectivity index (χ3n) is 3.87. The van der Waals surface area contributed by atoms with Gasteiger partial charge in [0.05, 0.1) is 5.37 Å². The Balaban J connectivity index is 2.11. The molecule has 0 spiro atoms. The van der Waals surface area contributed by atoms with Crippen molar-refractivity contribution >= 4 is 23.6 Å². The smallest absolute Gasteiger partial charge is 0.327 e. The summed E-state index contributed by atoms with van der Waals surface area (Å²) < 4.78 is 0. The van der Waals surface area contributed by atoms with Crippen LogP contribution in [0.3, 0.4) is 0 Å². The molecule has 2 rings (SSSR count). The van der Waals surface area contributed by atoms with Gasteiger partial charge in [-0.25, -0.2) is 4.79 Å². The van der Waals surface area contributed by atoms with Crippen LogP contribution in [0.25, 0.3) is 0 Å². The molecule has 102 valence electrons. The predicted octanol–water partition coefficient (Wildman–Crippen LogP) is 2.33. The van der Waals surface area contributed by atoms with Crippen LogP contribution in [0.2, 0.25) is 0 Å². The summed E-state index contributed by atoms with van der Waals surface area (Å²) in [5.41, 5.74) is 0. The quantitative estimate of drug-likeness (QED) is 0.852. The Morgan fingerprint density at radius 1 is 1.33 bits per heavy atom. The second-order valence-electron chi connectivity index (χ2n) is 5.16. The van der Waals surface area contributed by atoms with Crippen LogP contribution < -0.4 is 0 Å². The summed E-state index contributed by atoms with van der Waals surface area (Å²) in [4.78, 5) is 25.4. The van der Waals surface area contributed by atoms with E-state index < -0.39 is 12.0 Å². The number of aliphatic carboxylic acids is 1. The number of carbonyl (C=O) groups excluding carboxylic acids is 1. The van der Waals surface area contributed by atoms with Crippen molar-refractivity contribution in [1.82, 2.24) is 4.90 Å². The summed E-state index contributed by atoms with van der Waals surface area (Å²) >= 11 is 1.62. The van der Waals surface area contributed by atoms with Crippen molar-refractivity contribution in [2.75, 3.05) is 5.75 Å². The highest BCUT2D eigenvalue weighted by Gasteiger charge is 2.43.